The molecule has 0 saturated carbocycles. The highest BCUT2D eigenvalue weighted by Crippen LogP contribution is 2.15. The van der Waals surface area contributed by atoms with Gasteiger partial charge in [0.1, 0.15) is 4.88 Å². The number of halogens is 1. The summed E-state index contributed by atoms with van der Waals surface area (Å²) in [6.07, 6.45) is 2.08. The number of aryl methyl sites for hydroxylation is 1. The number of guanidine groups is 1. The Morgan fingerprint density at radius 2 is 2.00 bits per heavy atom. The maximum atomic E-state index is 12.1. The zero-order chi connectivity index (χ0) is 19.6. The van der Waals surface area contributed by atoms with E-state index in [1.165, 1.54) is 21.8 Å². The molecular formula is C19H28IN5OS2. The lowest BCUT2D eigenvalue weighted by Crippen LogP contribution is -2.39. The quantitative estimate of drug-likeness (QED) is 0.178. The number of rotatable bonds is 8. The van der Waals surface area contributed by atoms with Crippen molar-refractivity contribution in [1.29, 1.82) is 0 Å². The first-order valence-electron chi connectivity index (χ1n) is 8.85. The van der Waals surface area contributed by atoms with Crippen LogP contribution >= 0.6 is 47.1 Å². The van der Waals surface area contributed by atoms with Crippen LogP contribution in [0.25, 0.3) is 0 Å². The van der Waals surface area contributed by atoms with Crippen LogP contribution < -0.4 is 10.6 Å². The number of aliphatic imine (C=N–C) groups is 1. The molecule has 0 bridgehead atoms. The monoisotopic (exact) mass is 533 g/mol. The molecule has 6 nitrogen and oxygen atoms in total. The SMILES string of the molecule is CCNC(=NCCNC(=O)c1scnc1C)N(C)Cc1ccc(SC)cc1.I. The van der Waals surface area contributed by atoms with E-state index in [-0.39, 0.29) is 29.9 Å². The van der Waals surface area contributed by atoms with E-state index in [1.54, 1.807) is 17.3 Å². The van der Waals surface area contributed by atoms with E-state index in [1.807, 2.05) is 20.9 Å². The van der Waals surface area contributed by atoms with Gasteiger partial charge in [-0.3, -0.25) is 9.79 Å². The number of thiazole rings is 1. The van der Waals surface area contributed by atoms with E-state index < -0.39 is 0 Å². The van der Waals surface area contributed by atoms with Gasteiger partial charge in [-0.15, -0.1) is 47.1 Å². The Morgan fingerprint density at radius 3 is 2.57 bits per heavy atom. The predicted octanol–water partition coefficient (Wildman–Crippen LogP) is 3.62. The molecule has 0 unspecified atom stereocenters. The van der Waals surface area contributed by atoms with Gasteiger partial charge in [0.15, 0.2) is 5.96 Å². The Balaban J connectivity index is 0.00000392. The summed E-state index contributed by atoms with van der Waals surface area (Å²) < 4.78 is 0. The number of benzene rings is 1. The van der Waals surface area contributed by atoms with E-state index in [0.29, 0.717) is 18.0 Å². The first-order valence-corrected chi connectivity index (χ1v) is 11.0. The summed E-state index contributed by atoms with van der Waals surface area (Å²) in [6, 6.07) is 8.55. The number of hydrogen-bond acceptors (Lipinski definition) is 5. The number of amides is 1. The second-order valence-corrected chi connectivity index (χ2v) is 7.70. The van der Waals surface area contributed by atoms with Gasteiger partial charge in [0.25, 0.3) is 5.91 Å². The fourth-order valence-corrected chi connectivity index (χ4v) is 3.61. The Labute approximate surface area is 192 Å². The van der Waals surface area contributed by atoms with Crippen LogP contribution in [0.15, 0.2) is 39.7 Å². The van der Waals surface area contributed by atoms with Crippen molar-refractivity contribution in [3.8, 4) is 0 Å². The summed E-state index contributed by atoms with van der Waals surface area (Å²) in [7, 11) is 2.02. The highest BCUT2D eigenvalue weighted by molar-refractivity contribution is 14.0. The largest absolute Gasteiger partial charge is 0.357 e. The van der Waals surface area contributed by atoms with Crippen LogP contribution in [-0.4, -0.2) is 54.7 Å². The molecule has 9 heteroatoms. The maximum absolute atomic E-state index is 12.1. The number of hydrogen-bond donors (Lipinski definition) is 2. The highest BCUT2D eigenvalue weighted by atomic mass is 127. The molecular weight excluding hydrogens is 505 g/mol. The first kappa shape index (κ1) is 24.7. The third-order valence-corrected chi connectivity index (χ3v) is 5.56. The molecule has 2 rings (SSSR count). The molecule has 0 atom stereocenters. The van der Waals surface area contributed by atoms with Crippen LogP contribution in [0.5, 0.6) is 0 Å². The molecule has 0 saturated heterocycles. The Morgan fingerprint density at radius 1 is 1.29 bits per heavy atom. The van der Waals surface area contributed by atoms with E-state index >= 15 is 0 Å². The van der Waals surface area contributed by atoms with Crippen molar-refractivity contribution in [3.63, 3.8) is 0 Å². The van der Waals surface area contributed by atoms with Crippen LogP contribution in [0.1, 0.15) is 27.9 Å². The van der Waals surface area contributed by atoms with Crippen molar-refractivity contribution < 1.29 is 4.79 Å². The normalized spacial score (nSPS) is 10.9. The second kappa shape index (κ2) is 13.0. The average Bonchev–Trinajstić information content (AvgIpc) is 3.10. The van der Waals surface area contributed by atoms with Crippen LogP contribution in [0.2, 0.25) is 0 Å². The maximum Gasteiger partial charge on any atom is 0.263 e. The van der Waals surface area contributed by atoms with Gasteiger partial charge < -0.3 is 15.5 Å². The second-order valence-electron chi connectivity index (χ2n) is 5.96. The minimum atomic E-state index is -0.0857. The molecule has 1 aromatic carbocycles. The standard InChI is InChI=1S/C19H27N5OS2.HI/c1-5-20-19(24(3)12-15-6-8-16(26-4)9-7-15)22-11-10-21-18(25)17-14(2)23-13-27-17;/h6-9,13H,5,10-12H2,1-4H3,(H,20,22)(H,21,25);1H. The van der Waals surface area contributed by atoms with E-state index in [4.69, 9.17) is 0 Å². The minimum Gasteiger partial charge on any atom is -0.357 e. The molecule has 2 N–H and O–H groups in total. The third-order valence-electron chi connectivity index (χ3n) is 3.89. The summed E-state index contributed by atoms with van der Waals surface area (Å²) in [5, 5.41) is 6.20. The van der Waals surface area contributed by atoms with Gasteiger partial charge in [-0.05, 0) is 37.8 Å². The summed E-state index contributed by atoms with van der Waals surface area (Å²) in [4.78, 5) is 24.8. The number of carbonyl (C=O) groups is 1. The van der Waals surface area contributed by atoms with Crippen LogP contribution in [-0.2, 0) is 6.54 Å². The van der Waals surface area contributed by atoms with Crippen molar-refractivity contribution in [1.82, 2.24) is 20.5 Å². The summed E-state index contributed by atoms with van der Waals surface area (Å²) >= 11 is 3.10. The van der Waals surface area contributed by atoms with Gasteiger partial charge in [0.05, 0.1) is 17.7 Å². The predicted molar refractivity (Wildman–Crippen MR) is 130 cm³/mol. The molecule has 2 aromatic rings. The lowest BCUT2D eigenvalue weighted by Gasteiger charge is -2.22. The molecule has 0 aliphatic rings. The average molecular weight is 534 g/mol. The number of nitrogens with one attached hydrogen (secondary N) is 2. The van der Waals surface area contributed by atoms with Crippen molar-refractivity contribution in [3.05, 3.63) is 45.9 Å². The van der Waals surface area contributed by atoms with Gasteiger partial charge in [0.2, 0.25) is 0 Å². The highest BCUT2D eigenvalue weighted by Gasteiger charge is 2.11. The summed E-state index contributed by atoms with van der Waals surface area (Å²) in [5.41, 5.74) is 3.68. The molecule has 1 heterocycles. The summed E-state index contributed by atoms with van der Waals surface area (Å²) in [5.74, 6) is 0.743. The molecule has 1 aromatic heterocycles. The van der Waals surface area contributed by atoms with Gasteiger partial charge in [-0.25, -0.2) is 4.98 Å². The third kappa shape index (κ3) is 7.59. The molecule has 0 radical (unpaired) electrons. The van der Waals surface area contributed by atoms with Gasteiger partial charge in [-0.2, -0.15) is 0 Å². The van der Waals surface area contributed by atoms with Gasteiger partial charge in [-0.1, -0.05) is 12.1 Å². The fraction of sp³-hybridized carbons (Fsp3) is 0.421. The van der Waals surface area contributed by atoms with Crippen LogP contribution in [0.3, 0.4) is 0 Å². The van der Waals surface area contributed by atoms with E-state index in [9.17, 15) is 4.79 Å². The van der Waals surface area contributed by atoms with Crippen molar-refractivity contribution >= 4 is 58.9 Å². The van der Waals surface area contributed by atoms with Crippen LogP contribution in [0.4, 0.5) is 0 Å². The van der Waals surface area contributed by atoms with Gasteiger partial charge in [0, 0.05) is 31.6 Å². The van der Waals surface area contributed by atoms with Crippen molar-refractivity contribution in [2.24, 2.45) is 4.99 Å². The topological polar surface area (TPSA) is 69.6 Å². The summed E-state index contributed by atoms with van der Waals surface area (Å²) in [6.45, 7) is 6.45. The lowest BCUT2D eigenvalue weighted by atomic mass is 10.2. The fourth-order valence-electron chi connectivity index (χ4n) is 2.48. The minimum absolute atomic E-state index is 0. The molecule has 1 amide bonds. The Bertz CT molecular complexity index is 764. The Kier molecular flexibility index (Phi) is 11.5. The molecule has 154 valence electrons. The zero-order valence-corrected chi connectivity index (χ0v) is 20.7. The van der Waals surface area contributed by atoms with Crippen molar-refractivity contribution in [2.45, 2.75) is 25.3 Å². The molecule has 0 aliphatic heterocycles. The lowest BCUT2D eigenvalue weighted by molar-refractivity contribution is 0.0958. The number of carbonyl (C=O) groups excluding carboxylic acids is 1. The Hall–Kier alpha value is -1.33. The number of aromatic nitrogens is 1. The molecule has 0 aliphatic carbocycles. The van der Waals surface area contributed by atoms with E-state index in [2.05, 4.69) is 56.0 Å². The van der Waals surface area contributed by atoms with Crippen molar-refractivity contribution in [2.75, 3.05) is 32.9 Å². The number of thioether (sulfide) groups is 1. The van der Waals surface area contributed by atoms with Crippen LogP contribution in [0, 0.1) is 6.92 Å². The first-order chi connectivity index (χ1) is 13.0. The molecule has 28 heavy (non-hydrogen) atoms. The number of nitrogens with zero attached hydrogens (tertiary/aromatic N) is 3. The smallest absolute Gasteiger partial charge is 0.263 e. The van der Waals surface area contributed by atoms with E-state index in [0.717, 1.165) is 24.7 Å². The van der Waals surface area contributed by atoms with Gasteiger partial charge >= 0.3 is 0 Å². The zero-order valence-electron chi connectivity index (χ0n) is 16.7. The molecule has 0 fully saturated rings. The molecule has 0 spiro atoms.